The summed E-state index contributed by atoms with van der Waals surface area (Å²) in [6, 6.07) is 13.8. The van der Waals surface area contributed by atoms with Gasteiger partial charge in [-0.1, -0.05) is 36.4 Å². The average molecular weight is 248 g/mol. The van der Waals surface area contributed by atoms with Gasteiger partial charge in [-0.25, -0.2) is 4.79 Å². The molecule has 0 spiro atoms. The van der Waals surface area contributed by atoms with Crippen molar-refractivity contribution >= 4 is 28.5 Å². The zero-order valence-electron chi connectivity index (χ0n) is 9.04. The van der Waals surface area contributed by atoms with Crippen LogP contribution >= 0.6 is 11.8 Å². The smallest absolute Gasteiger partial charge is 0.333 e. The summed E-state index contributed by atoms with van der Waals surface area (Å²) in [5.41, 5.74) is 0. The molecule has 0 heterocycles. The molecule has 0 saturated carbocycles. The number of fused-ring (bicyclic) bond motifs is 1. The van der Waals surface area contributed by atoms with Crippen molar-refractivity contribution in [3.63, 3.8) is 0 Å². The van der Waals surface area contributed by atoms with Gasteiger partial charge >= 0.3 is 5.97 Å². The molecule has 0 radical (unpaired) electrons. The van der Waals surface area contributed by atoms with Crippen LogP contribution in [0.1, 0.15) is 0 Å². The van der Waals surface area contributed by atoms with Gasteiger partial charge in [0.05, 0.1) is 0 Å². The number of aliphatic hydroxyl groups excluding tert-OH is 1. The third-order valence-corrected chi connectivity index (χ3v) is 3.58. The van der Waals surface area contributed by atoms with Crippen molar-refractivity contribution < 1.29 is 15.0 Å². The van der Waals surface area contributed by atoms with Crippen LogP contribution in [0, 0.1) is 0 Å². The first-order chi connectivity index (χ1) is 8.18. The summed E-state index contributed by atoms with van der Waals surface area (Å²) in [7, 11) is 0. The molecule has 0 aliphatic carbocycles. The number of hydrogen-bond acceptors (Lipinski definition) is 3. The number of aliphatic carboxylic acids is 1. The minimum Gasteiger partial charge on any atom is -0.479 e. The SMILES string of the molecule is O=C(O)[C@@H](O)CSc1cccc2ccccc12. The summed E-state index contributed by atoms with van der Waals surface area (Å²) in [4.78, 5) is 11.5. The molecule has 4 heteroatoms. The molecule has 88 valence electrons. The molecule has 0 fully saturated rings. The van der Waals surface area contributed by atoms with Gasteiger partial charge in [-0.2, -0.15) is 0 Å². The molecule has 2 aromatic carbocycles. The molecule has 0 unspecified atom stereocenters. The molecule has 0 aliphatic rings. The Bertz CT molecular complexity index is 534. The Morgan fingerprint density at radius 2 is 1.88 bits per heavy atom. The number of rotatable bonds is 4. The highest BCUT2D eigenvalue weighted by atomic mass is 32.2. The lowest BCUT2D eigenvalue weighted by atomic mass is 10.1. The first kappa shape index (κ1) is 12.0. The highest BCUT2D eigenvalue weighted by Crippen LogP contribution is 2.28. The Labute approximate surface area is 103 Å². The molecule has 17 heavy (non-hydrogen) atoms. The van der Waals surface area contributed by atoms with Gasteiger partial charge in [0.1, 0.15) is 0 Å². The molecule has 0 saturated heterocycles. The van der Waals surface area contributed by atoms with E-state index in [1.54, 1.807) is 0 Å². The van der Waals surface area contributed by atoms with E-state index in [0.717, 1.165) is 15.7 Å². The van der Waals surface area contributed by atoms with Crippen LogP contribution in [0.4, 0.5) is 0 Å². The second kappa shape index (κ2) is 5.21. The molecule has 0 aliphatic heterocycles. The van der Waals surface area contributed by atoms with Crippen molar-refractivity contribution in [2.75, 3.05) is 5.75 Å². The van der Waals surface area contributed by atoms with E-state index >= 15 is 0 Å². The zero-order chi connectivity index (χ0) is 12.3. The Kier molecular flexibility index (Phi) is 3.66. The number of carboxylic acid groups (broad SMARTS) is 1. The minimum atomic E-state index is -1.32. The second-order valence-corrected chi connectivity index (χ2v) is 4.70. The van der Waals surface area contributed by atoms with Gasteiger partial charge in [-0.05, 0) is 16.8 Å². The molecule has 0 amide bonds. The topological polar surface area (TPSA) is 57.5 Å². The number of benzene rings is 2. The van der Waals surface area contributed by atoms with Crippen LogP contribution in [0.15, 0.2) is 47.4 Å². The lowest BCUT2D eigenvalue weighted by Gasteiger charge is -2.07. The normalized spacial score (nSPS) is 12.5. The van der Waals surface area contributed by atoms with Crippen LogP contribution in [-0.2, 0) is 4.79 Å². The van der Waals surface area contributed by atoms with Crippen LogP contribution < -0.4 is 0 Å². The van der Waals surface area contributed by atoms with Gasteiger partial charge < -0.3 is 10.2 Å². The fraction of sp³-hybridized carbons (Fsp3) is 0.154. The predicted octanol–water partition coefficient (Wildman–Crippen LogP) is 2.38. The third kappa shape index (κ3) is 2.78. The van der Waals surface area contributed by atoms with Crippen LogP contribution in [0.25, 0.3) is 10.8 Å². The highest BCUT2D eigenvalue weighted by Gasteiger charge is 2.13. The second-order valence-electron chi connectivity index (χ2n) is 3.64. The quantitative estimate of drug-likeness (QED) is 0.816. The molecule has 1 atom stereocenters. The van der Waals surface area contributed by atoms with Crippen LogP contribution in [0.2, 0.25) is 0 Å². The lowest BCUT2D eigenvalue weighted by Crippen LogP contribution is -2.21. The first-order valence-corrected chi connectivity index (χ1v) is 6.18. The van der Waals surface area contributed by atoms with E-state index in [2.05, 4.69) is 0 Å². The number of thioether (sulfide) groups is 1. The van der Waals surface area contributed by atoms with E-state index in [-0.39, 0.29) is 5.75 Å². The van der Waals surface area contributed by atoms with Gasteiger partial charge in [0, 0.05) is 10.6 Å². The lowest BCUT2D eigenvalue weighted by molar-refractivity contribution is -0.145. The summed E-state index contributed by atoms with van der Waals surface area (Å²) in [6.45, 7) is 0. The van der Waals surface area contributed by atoms with Crippen LogP contribution in [0.5, 0.6) is 0 Å². The monoisotopic (exact) mass is 248 g/mol. The Morgan fingerprint density at radius 1 is 1.18 bits per heavy atom. The maximum atomic E-state index is 10.5. The van der Waals surface area contributed by atoms with Crippen molar-refractivity contribution in [2.45, 2.75) is 11.0 Å². The molecular weight excluding hydrogens is 236 g/mol. The number of carbonyl (C=O) groups is 1. The fourth-order valence-electron chi connectivity index (χ4n) is 1.56. The van der Waals surface area contributed by atoms with E-state index < -0.39 is 12.1 Å². The number of hydrogen-bond donors (Lipinski definition) is 2. The third-order valence-electron chi connectivity index (χ3n) is 2.43. The molecule has 2 N–H and O–H groups in total. The Morgan fingerprint density at radius 3 is 2.65 bits per heavy atom. The molecule has 0 aromatic heterocycles. The highest BCUT2D eigenvalue weighted by molar-refractivity contribution is 7.99. The van der Waals surface area contributed by atoms with Crippen molar-refractivity contribution in [2.24, 2.45) is 0 Å². The van der Waals surface area contributed by atoms with E-state index in [0.29, 0.717) is 0 Å². The molecule has 2 rings (SSSR count). The van der Waals surface area contributed by atoms with Crippen molar-refractivity contribution in [3.05, 3.63) is 42.5 Å². The van der Waals surface area contributed by atoms with Gasteiger partial charge in [-0.15, -0.1) is 11.8 Å². The van der Waals surface area contributed by atoms with Crippen LogP contribution in [0.3, 0.4) is 0 Å². The number of aliphatic hydroxyl groups is 1. The van der Waals surface area contributed by atoms with E-state index in [9.17, 15) is 9.90 Å². The van der Waals surface area contributed by atoms with Crippen LogP contribution in [-0.4, -0.2) is 28.0 Å². The largest absolute Gasteiger partial charge is 0.479 e. The molecule has 2 aromatic rings. The standard InChI is InChI=1S/C13H12O3S/c14-11(13(15)16)8-17-12-7-3-5-9-4-1-2-6-10(9)12/h1-7,11,14H,8H2,(H,15,16)/t11-/m0/s1. The maximum absolute atomic E-state index is 10.5. The predicted molar refractivity (Wildman–Crippen MR) is 68.3 cm³/mol. The maximum Gasteiger partial charge on any atom is 0.333 e. The van der Waals surface area contributed by atoms with Gasteiger partial charge in [0.25, 0.3) is 0 Å². The fourth-order valence-corrected chi connectivity index (χ4v) is 2.56. The zero-order valence-corrected chi connectivity index (χ0v) is 9.85. The van der Waals surface area contributed by atoms with E-state index in [4.69, 9.17) is 5.11 Å². The molecule has 3 nitrogen and oxygen atoms in total. The van der Waals surface area contributed by atoms with Gasteiger partial charge in [-0.3, -0.25) is 0 Å². The molecule has 0 bridgehead atoms. The van der Waals surface area contributed by atoms with Gasteiger partial charge in [0.15, 0.2) is 6.10 Å². The van der Waals surface area contributed by atoms with Crippen molar-refractivity contribution in [1.82, 2.24) is 0 Å². The summed E-state index contributed by atoms with van der Waals surface area (Å²) in [5, 5.41) is 20.0. The van der Waals surface area contributed by atoms with E-state index in [1.807, 2.05) is 42.5 Å². The summed E-state index contributed by atoms with van der Waals surface area (Å²) in [5.74, 6) is -1.03. The number of carboxylic acids is 1. The summed E-state index contributed by atoms with van der Waals surface area (Å²) in [6.07, 6.45) is -1.32. The van der Waals surface area contributed by atoms with Crippen molar-refractivity contribution in [1.29, 1.82) is 0 Å². The van der Waals surface area contributed by atoms with Gasteiger partial charge in [0.2, 0.25) is 0 Å². The Hall–Kier alpha value is -1.52. The molecular formula is C13H12O3S. The summed E-state index contributed by atoms with van der Waals surface area (Å²) >= 11 is 1.36. The van der Waals surface area contributed by atoms with Crippen molar-refractivity contribution in [3.8, 4) is 0 Å². The minimum absolute atomic E-state index is 0.156. The summed E-state index contributed by atoms with van der Waals surface area (Å²) < 4.78 is 0. The van der Waals surface area contributed by atoms with E-state index in [1.165, 1.54) is 11.8 Å². The average Bonchev–Trinajstić information content (AvgIpc) is 2.35. The Balaban J connectivity index is 2.21. The first-order valence-electron chi connectivity index (χ1n) is 5.20.